The number of benzene rings is 2. The molecule has 0 amide bonds. The van der Waals surface area contributed by atoms with Crippen LogP contribution >= 0.6 is 39.1 Å². The van der Waals surface area contributed by atoms with Crippen molar-refractivity contribution in [3.05, 3.63) is 68.1 Å². The van der Waals surface area contributed by atoms with E-state index in [9.17, 15) is 0 Å². The fourth-order valence-electron chi connectivity index (χ4n) is 1.55. The van der Waals surface area contributed by atoms with E-state index >= 15 is 0 Å². The van der Waals surface area contributed by atoms with E-state index in [-0.39, 0.29) is 0 Å². The Morgan fingerprint density at radius 1 is 0.938 bits per heavy atom. The van der Waals surface area contributed by atoms with E-state index in [0.29, 0.717) is 0 Å². The van der Waals surface area contributed by atoms with Crippen LogP contribution in [0.2, 0.25) is 10.0 Å². The Hall–Kier alpha value is -0.500. The van der Waals surface area contributed by atoms with Crippen molar-refractivity contribution in [2.75, 3.05) is 0 Å². The molecule has 3 heteroatoms. The lowest BCUT2D eigenvalue weighted by atomic mass is 10.1. The van der Waals surface area contributed by atoms with Gasteiger partial charge >= 0.3 is 0 Å². The van der Waals surface area contributed by atoms with Crippen molar-refractivity contribution in [3.8, 4) is 0 Å². The summed E-state index contributed by atoms with van der Waals surface area (Å²) in [7, 11) is 0. The zero-order valence-electron chi connectivity index (χ0n) is 8.38. The maximum atomic E-state index is 5.97. The van der Waals surface area contributed by atoms with Crippen LogP contribution < -0.4 is 0 Å². The molecule has 2 aromatic rings. The number of rotatable bonds is 2. The molecule has 0 aliphatic carbocycles. The first kappa shape index (κ1) is 12.0. The van der Waals surface area contributed by atoms with Gasteiger partial charge in [-0.05, 0) is 47.9 Å². The normalized spacial score (nSPS) is 10.4. The first-order chi connectivity index (χ1) is 7.65. The molecular formula is C13H9BrCl2. The van der Waals surface area contributed by atoms with Gasteiger partial charge in [-0.2, -0.15) is 0 Å². The van der Waals surface area contributed by atoms with Gasteiger partial charge in [-0.15, -0.1) is 0 Å². The first-order valence-corrected chi connectivity index (χ1v) is 6.38. The lowest BCUT2D eigenvalue weighted by Crippen LogP contribution is -1.89. The second-order valence-electron chi connectivity index (χ2n) is 3.54. The summed E-state index contributed by atoms with van der Waals surface area (Å²) in [6, 6.07) is 13.6. The van der Waals surface area contributed by atoms with Gasteiger partial charge in [0.05, 0.1) is 0 Å². The van der Waals surface area contributed by atoms with Crippen molar-refractivity contribution >= 4 is 39.1 Å². The molecule has 82 valence electrons. The smallest absolute Gasteiger partial charge is 0.0409 e. The van der Waals surface area contributed by atoms with Gasteiger partial charge in [0.25, 0.3) is 0 Å². The molecule has 0 atom stereocenters. The summed E-state index contributed by atoms with van der Waals surface area (Å²) >= 11 is 15.4. The van der Waals surface area contributed by atoms with Gasteiger partial charge < -0.3 is 0 Å². The van der Waals surface area contributed by atoms with Gasteiger partial charge in [0.2, 0.25) is 0 Å². The number of hydrogen-bond donors (Lipinski definition) is 0. The average molecular weight is 316 g/mol. The fraction of sp³-hybridized carbons (Fsp3) is 0.0769. The number of halogens is 3. The molecule has 0 aliphatic rings. The Kier molecular flexibility index (Phi) is 3.91. The molecule has 0 unspecified atom stereocenters. The minimum absolute atomic E-state index is 0.750. The molecule has 0 heterocycles. The summed E-state index contributed by atoms with van der Waals surface area (Å²) in [6.45, 7) is 0. The molecule has 16 heavy (non-hydrogen) atoms. The van der Waals surface area contributed by atoms with Crippen molar-refractivity contribution in [3.63, 3.8) is 0 Å². The van der Waals surface area contributed by atoms with Crippen molar-refractivity contribution in [1.29, 1.82) is 0 Å². The maximum Gasteiger partial charge on any atom is 0.0409 e. The third-order valence-corrected chi connectivity index (χ3v) is 3.54. The second-order valence-corrected chi connectivity index (χ2v) is 5.27. The van der Waals surface area contributed by atoms with Gasteiger partial charge in [0.15, 0.2) is 0 Å². The monoisotopic (exact) mass is 314 g/mol. The quantitative estimate of drug-likeness (QED) is 0.701. The minimum Gasteiger partial charge on any atom is -0.0843 e. The van der Waals surface area contributed by atoms with Crippen LogP contribution in [0.3, 0.4) is 0 Å². The molecule has 2 aromatic carbocycles. The summed E-state index contributed by atoms with van der Waals surface area (Å²) in [4.78, 5) is 0. The Balaban J connectivity index is 2.30. The zero-order valence-corrected chi connectivity index (χ0v) is 11.5. The second kappa shape index (κ2) is 5.22. The Bertz CT molecular complexity index is 509. The Labute approximate surface area is 113 Å². The molecule has 0 N–H and O–H groups in total. The van der Waals surface area contributed by atoms with Crippen LogP contribution in [0, 0.1) is 0 Å². The molecule has 2 rings (SSSR count). The minimum atomic E-state index is 0.750. The van der Waals surface area contributed by atoms with Crippen molar-refractivity contribution in [2.45, 2.75) is 6.42 Å². The van der Waals surface area contributed by atoms with E-state index in [1.54, 1.807) is 0 Å². The van der Waals surface area contributed by atoms with E-state index < -0.39 is 0 Å². The predicted octanol–water partition coefficient (Wildman–Crippen LogP) is 5.35. The van der Waals surface area contributed by atoms with E-state index in [4.69, 9.17) is 23.2 Å². The zero-order chi connectivity index (χ0) is 11.5. The van der Waals surface area contributed by atoms with Gasteiger partial charge in [0, 0.05) is 14.5 Å². The van der Waals surface area contributed by atoms with Crippen LogP contribution in [0.4, 0.5) is 0 Å². The van der Waals surface area contributed by atoms with Crippen molar-refractivity contribution < 1.29 is 0 Å². The molecule has 0 fully saturated rings. The molecule has 0 radical (unpaired) electrons. The van der Waals surface area contributed by atoms with Crippen LogP contribution in [0.25, 0.3) is 0 Å². The summed E-state index contributed by atoms with van der Waals surface area (Å²) in [5.41, 5.74) is 2.34. The van der Waals surface area contributed by atoms with E-state index in [2.05, 4.69) is 22.0 Å². The van der Waals surface area contributed by atoms with Gasteiger partial charge in [-0.3, -0.25) is 0 Å². The molecular weight excluding hydrogens is 307 g/mol. The molecule has 0 nitrogen and oxygen atoms in total. The lowest BCUT2D eigenvalue weighted by molar-refractivity contribution is 1.18. The number of hydrogen-bond acceptors (Lipinski definition) is 0. The highest BCUT2D eigenvalue weighted by Crippen LogP contribution is 2.24. The maximum absolute atomic E-state index is 5.97. The standard InChI is InChI=1S/C13H9BrCl2/c14-13-5-4-12(16)8-10(13)6-9-2-1-3-11(15)7-9/h1-5,7-8H,6H2. The molecule has 0 bridgehead atoms. The summed E-state index contributed by atoms with van der Waals surface area (Å²) < 4.78 is 1.07. The molecule has 0 saturated carbocycles. The van der Waals surface area contributed by atoms with Crippen LogP contribution in [0.15, 0.2) is 46.9 Å². The van der Waals surface area contributed by atoms with E-state index in [0.717, 1.165) is 26.5 Å². The van der Waals surface area contributed by atoms with Gasteiger partial charge in [0.1, 0.15) is 0 Å². The summed E-state index contributed by atoms with van der Waals surface area (Å²) in [6.07, 6.45) is 0.821. The first-order valence-electron chi connectivity index (χ1n) is 4.83. The summed E-state index contributed by atoms with van der Waals surface area (Å²) in [5, 5.41) is 1.51. The topological polar surface area (TPSA) is 0 Å². The van der Waals surface area contributed by atoms with Crippen LogP contribution in [-0.2, 0) is 6.42 Å². The highest BCUT2D eigenvalue weighted by Gasteiger charge is 2.03. The highest BCUT2D eigenvalue weighted by molar-refractivity contribution is 9.10. The molecule has 0 saturated heterocycles. The average Bonchev–Trinajstić information content (AvgIpc) is 2.24. The van der Waals surface area contributed by atoms with Crippen LogP contribution in [-0.4, -0.2) is 0 Å². The molecule has 0 aliphatic heterocycles. The third kappa shape index (κ3) is 3.00. The molecule has 0 spiro atoms. The van der Waals surface area contributed by atoms with E-state index in [1.807, 2.05) is 36.4 Å². The van der Waals surface area contributed by atoms with Gasteiger partial charge in [-0.1, -0.05) is 51.3 Å². The van der Waals surface area contributed by atoms with Crippen molar-refractivity contribution in [2.24, 2.45) is 0 Å². The highest BCUT2D eigenvalue weighted by atomic mass is 79.9. The SMILES string of the molecule is Clc1cccc(Cc2cc(Cl)ccc2Br)c1. The molecule has 0 aromatic heterocycles. The van der Waals surface area contributed by atoms with Crippen molar-refractivity contribution in [1.82, 2.24) is 0 Å². The largest absolute Gasteiger partial charge is 0.0843 e. The Morgan fingerprint density at radius 3 is 2.44 bits per heavy atom. The van der Waals surface area contributed by atoms with Gasteiger partial charge in [-0.25, -0.2) is 0 Å². The van der Waals surface area contributed by atoms with Crippen LogP contribution in [0.5, 0.6) is 0 Å². The van der Waals surface area contributed by atoms with E-state index in [1.165, 1.54) is 5.56 Å². The lowest BCUT2D eigenvalue weighted by Gasteiger charge is -2.05. The third-order valence-electron chi connectivity index (χ3n) is 2.29. The fourth-order valence-corrected chi connectivity index (χ4v) is 2.34. The Morgan fingerprint density at radius 2 is 1.69 bits per heavy atom. The van der Waals surface area contributed by atoms with Crippen LogP contribution in [0.1, 0.15) is 11.1 Å². The predicted molar refractivity (Wildman–Crippen MR) is 73.4 cm³/mol. The summed E-state index contributed by atoms with van der Waals surface area (Å²) in [5.74, 6) is 0.